The van der Waals surface area contributed by atoms with Crippen LogP contribution in [0.1, 0.15) is 33.1 Å². The van der Waals surface area contributed by atoms with Crippen LogP contribution in [0.25, 0.3) is 0 Å². The molecule has 1 unspecified atom stereocenters. The zero-order chi connectivity index (χ0) is 14.2. The van der Waals surface area contributed by atoms with Gasteiger partial charge in [0.2, 0.25) is 5.91 Å². The van der Waals surface area contributed by atoms with Gasteiger partial charge in [-0.1, -0.05) is 36.2 Å². The van der Waals surface area contributed by atoms with Crippen LogP contribution >= 0.6 is 15.9 Å². The third kappa shape index (κ3) is 2.96. The van der Waals surface area contributed by atoms with Gasteiger partial charge in [0.05, 0.1) is 0 Å². The third-order valence-electron chi connectivity index (χ3n) is 3.83. The molecule has 1 amide bonds. The molecule has 2 nitrogen and oxygen atoms in total. The molecule has 1 aromatic carbocycles. The average Bonchev–Trinajstić information content (AvgIpc) is 2.63. The lowest BCUT2D eigenvalue weighted by Gasteiger charge is -2.26. The maximum Gasteiger partial charge on any atom is 0.228 e. The Kier molecular flexibility index (Phi) is 3.95. The molecule has 0 aliphatic heterocycles. The van der Waals surface area contributed by atoms with Crippen molar-refractivity contribution in [2.45, 2.75) is 33.1 Å². The van der Waals surface area contributed by atoms with Crippen LogP contribution in [-0.4, -0.2) is 5.91 Å². The van der Waals surface area contributed by atoms with Crippen molar-refractivity contribution < 1.29 is 13.6 Å². The van der Waals surface area contributed by atoms with Gasteiger partial charge < -0.3 is 5.32 Å². The molecule has 0 spiro atoms. The number of halogens is 3. The Bertz CT molecular complexity index is 493. The molecule has 0 heterocycles. The molecule has 1 aromatic rings. The van der Waals surface area contributed by atoms with E-state index in [1.165, 1.54) is 0 Å². The first-order chi connectivity index (χ1) is 8.81. The van der Waals surface area contributed by atoms with Crippen molar-refractivity contribution in [3.8, 4) is 0 Å². The summed E-state index contributed by atoms with van der Waals surface area (Å²) in [5, 5.41) is 2.39. The summed E-state index contributed by atoms with van der Waals surface area (Å²) < 4.78 is 27.6. The van der Waals surface area contributed by atoms with Gasteiger partial charge in [-0.25, -0.2) is 8.78 Å². The van der Waals surface area contributed by atoms with Gasteiger partial charge in [0.25, 0.3) is 0 Å². The number of hydrogen-bond acceptors (Lipinski definition) is 1. The van der Waals surface area contributed by atoms with Crippen LogP contribution in [0.3, 0.4) is 0 Å². The Balaban J connectivity index is 2.20. The maximum absolute atomic E-state index is 13.7. The molecule has 5 heteroatoms. The van der Waals surface area contributed by atoms with E-state index in [0.29, 0.717) is 4.47 Å². The number of carbonyl (C=O) groups excluding carboxylic acids is 1. The molecule has 1 aliphatic carbocycles. The predicted molar refractivity (Wildman–Crippen MR) is 73.8 cm³/mol. The van der Waals surface area contributed by atoms with Crippen LogP contribution in [0.15, 0.2) is 16.6 Å². The van der Waals surface area contributed by atoms with E-state index < -0.39 is 11.6 Å². The zero-order valence-electron chi connectivity index (χ0n) is 10.9. The highest BCUT2D eigenvalue weighted by molar-refractivity contribution is 9.10. The Labute approximate surface area is 119 Å². The first-order valence-corrected chi connectivity index (χ1v) is 7.06. The Morgan fingerprint density at radius 3 is 2.42 bits per heavy atom. The lowest BCUT2D eigenvalue weighted by molar-refractivity contribution is -0.122. The molecule has 1 fully saturated rings. The minimum Gasteiger partial charge on any atom is -0.321 e. The van der Waals surface area contributed by atoms with Gasteiger partial charge in [0.15, 0.2) is 11.6 Å². The molecule has 1 saturated carbocycles. The molecular weight excluding hydrogens is 316 g/mol. The number of anilines is 1. The molecule has 0 bridgehead atoms. The first kappa shape index (κ1) is 14.4. The van der Waals surface area contributed by atoms with Crippen molar-refractivity contribution in [2.75, 3.05) is 5.32 Å². The smallest absolute Gasteiger partial charge is 0.228 e. The van der Waals surface area contributed by atoms with Crippen molar-refractivity contribution in [1.29, 1.82) is 0 Å². The van der Waals surface area contributed by atoms with E-state index in [1.54, 1.807) is 0 Å². The summed E-state index contributed by atoms with van der Waals surface area (Å²) in [5.74, 6) is -2.04. The van der Waals surface area contributed by atoms with Crippen LogP contribution in [0.2, 0.25) is 0 Å². The predicted octanol–water partition coefficient (Wildman–Crippen LogP) is 4.49. The highest BCUT2D eigenvalue weighted by Gasteiger charge is 2.39. The van der Waals surface area contributed by atoms with Gasteiger partial charge in [-0.3, -0.25) is 4.79 Å². The summed E-state index contributed by atoms with van der Waals surface area (Å²) in [6, 6.07) is 2.27. The maximum atomic E-state index is 13.7. The highest BCUT2D eigenvalue weighted by atomic mass is 79.9. The Morgan fingerprint density at radius 1 is 1.37 bits per heavy atom. The molecule has 1 atom stereocenters. The summed E-state index contributed by atoms with van der Waals surface area (Å²) in [6.07, 6.45) is 2.69. The van der Waals surface area contributed by atoms with Gasteiger partial charge in [0, 0.05) is 10.4 Å². The largest absolute Gasteiger partial charge is 0.321 e. The normalized spacial score (nSPS) is 21.4. The van der Waals surface area contributed by atoms with Crippen molar-refractivity contribution in [1.82, 2.24) is 0 Å². The van der Waals surface area contributed by atoms with Crippen molar-refractivity contribution in [3.63, 3.8) is 0 Å². The van der Waals surface area contributed by atoms with Crippen molar-refractivity contribution >= 4 is 27.5 Å². The Hall–Kier alpha value is -0.970. The fraction of sp³-hybridized carbons (Fsp3) is 0.500. The van der Waals surface area contributed by atoms with Gasteiger partial charge in [-0.15, -0.1) is 0 Å². The lowest BCUT2D eigenvalue weighted by Crippen LogP contribution is -2.31. The molecule has 1 N–H and O–H groups in total. The quantitative estimate of drug-likeness (QED) is 0.849. The highest BCUT2D eigenvalue weighted by Crippen LogP contribution is 2.43. The summed E-state index contributed by atoms with van der Waals surface area (Å²) in [7, 11) is 0. The molecule has 2 rings (SSSR count). The summed E-state index contributed by atoms with van der Waals surface area (Å²) in [4.78, 5) is 12.2. The van der Waals surface area contributed by atoms with Crippen LogP contribution in [0.4, 0.5) is 14.5 Å². The van der Waals surface area contributed by atoms with Gasteiger partial charge in [-0.2, -0.15) is 0 Å². The third-order valence-corrected chi connectivity index (χ3v) is 4.29. The van der Waals surface area contributed by atoms with E-state index in [2.05, 4.69) is 21.2 Å². The number of rotatable bonds is 2. The van der Waals surface area contributed by atoms with Crippen LogP contribution in [0.5, 0.6) is 0 Å². The van der Waals surface area contributed by atoms with Crippen molar-refractivity contribution in [3.05, 3.63) is 28.2 Å². The molecule has 0 aromatic heterocycles. The van der Waals surface area contributed by atoms with E-state index in [-0.39, 0.29) is 22.9 Å². The topological polar surface area (TPSA) is 29.1 Å². The second-order valence-electron chi connectivity index (χ2n) is 5.67. The zero-order valence-corrected chi connectivity index (χ0v) is 12.5. The lowest BCUT2D eigenvalue weighted by atomic mass is 9.81. The summed E-state index contributed by atoms with van der Waals surface area (Å²) in [5.41, 5.74) is -0.484. The van der Waals surface area contributed by atoms with E-state index in [4.69, 9.17) is 0 Å². The average molecular weight is 332 g/mol. The monoisotopic (exact) mass is 331 g/mol. The molecule has 0 saturated heterocycles. The van der Waals surface area contributed by atoms with Crippen LogP contribution in [0, 0.1) is 23.0 Å². The van der Waals surface area contributed by atoms with E-state index in [1.807, 2.05) is 13.8 Å². The minimum absolute atomic E-state index is 0.119. The molecular formula is C14H16BrF2NO. The van der Waals surface area contributed by atoms with Crippen LogP contribution in [-0.2, 0) is 4.79 Å². The number of amides is 1. The number of nitrogens with one attached hydrogen (secondary N) is 1. The van der Waals surface area contributed by atoms with Crippen LogP contribution < -0.4 is 5.32 Å². The second-order valence-corrected chi connectivity index (χ2v) is 6.58. The number of hydrogen-bond donors (Lipinski definition) is 1. The Morgan fingerprint density at radius 2 is 1.95 bits per heavy atom. The van der Waals surface area contributed by atoms with Crippen molar-refractivity contribution in [2.24, 2.45) is 11.3 Å². The van der Waals surface area contributed by atoms with Gasteiger partial charge in [-0.05, 0) is 30.4 Å². The molecule has 1 aliphatic rings. The number of benzene rings is 1. The number of carbonyl (C=O) groups is 1. The SMILES string of the molecule is CC1(C)CCCC1C(=O)Nc1c(F)cc(Br)cc1F. The first-order valence-electron chi connectivity index (χ1n) is 6.26. The molecule has 19 heavy (non-hydrogen) atoms. The molecule has 0 radical (unpaired) electrons. The summed E-state index contributed by atoms with van der Waals surface area (Å²) >= 11 is 3.00. The van der Waals surface area contributed by atoms with Gasteiger partial charge in [0.1, 0.15) is 5.69 Å². The van der Waals surface area contributed by atoms with E-state index in [9.17, 15) is 13.6 Å². The summed E-state index contributed by atoms with van der Waals surface area (Å²) in [6.45, 7) is 4.02. The standard InChI is InChI=1S/C14H16BrF2NO/c1-14(2)5-3-4-9(14)13(19)18-12-10(16)6-8(15)7-11(12)17/h6-7,9H,3-5H2,1-2H3,(H,18,19). The van der Waals surface area contributed by atoms with E-state index >= 15 is 0 Å². The van der Waals surface area contributed by atoms with E-state index in [0.717, 1.165) is 31.4 Å². The second kappa shape index (κ2) is 5.19. The fourth-order valence-electron chi connectivity index (χ4n) is 2.68. The molecule has 104 valence electrons. The van der Waals surface area contributed by atoms with Gasteiger partial charge >= 0.3 is 0 Å². The fourth-order valence-corrected chi connectivity index (χ4v) is 3.09. The minimum atomic E-state index is -0.768.